The summed E-state index contributed by atoms with van der Waals surface area (Å²) in [5, 5.41) is 18.9. The van der Waals surface area contributed by atoms with Crippen LogP contribution in [0.5, 0.6) is 0 Å². The zero-order valence-corrected chi connectivity index (χ0v) is 20.3. The topological polar surface area (TPSA) is 116 Å². The van der Waals surface area contributed by atoms with Gasteiger partial charge in [0, 0.05) is 29.6 Å². The second-order valence-electron chi connectivity index (χ2n) is 7.61. The van der Waals surface area contributed by atoms with E-state index in [-0.39, 0.29) is 30.2 Å². The van der Waals surface area contributed by atoms with Crippen molar-refractivity contribution in [2.24, 2.45) is 0 Å². The molecule has 0 fully saturated rings. The van der Waals surface area contributed by atoms with Crippen LogP contribution >= 0.6 is 22.6 Å². The Morgan fingerprint density at radius 3 is 2.56 bits per heavy atom. The minimum Gasteiger partial charge on any atom is -0.431 e. The molecule has 3 rings (SSSR count). The van der Waals surface area contributed by atoms with Crippen LogP contribution in [0, 0.1) is 15.2 Å². The number of carbonyl (C=O) groups is 2. The first kappa shape index (κ1) is 25.7. The molecule has 2 aromatic carbocycles. The smallest absolute Gasteiger partial charge is 0.302 e. The quantitative estimate of drug-likeness (QED) is 0.273. The van der Waals surface area contributed by atoms with Crippen LogP contribution in [0.15, 0.2) is 53.1 Å². The van der Waals surface area contributed by atoms with Gasteiger partial charge >= 0.3 is 6.01 Å². The Kier molecular flexibility index (Phi) is 9.07. The van der Waals surface area contributed by atoms with Gasteiger partial charge in [0.2, 0.25) is 5.91 Å². The van der Waals surface area contributed by atoms with Crippen LogP contribution in [0.25, 0.3) is 0 Å². The van der Waals surface area contributed by atoms with E-state index in [0.29, 0.717) is 6.54 Å². The van der Waals surface area contributed by atoms with Crippen molar-refractivity contribution < 1.29 is 27.9 Å². The second kappa shape index (κ2) is 12.0. The number of hydrogen-bond donors (Lipinski definition) is 4. The number of benzene rings is 2. The van der Waals surface area contributed by atoms with E-state index in [1.54, 1.807) is 0 Å². The van der Waals surface area contributed by atoms with Gasteiger partial charge in [-0.1, -0.05) is 12.1 Å². The number of rotatable bonds is 10. The average Bonchev–Trinajstić information content (AvgIpc) is 3.20. The van der Waals surface area contributed by atoms with E-state index in [4.69, 9.17) is 4.42 Å². The minimum atomic E-state index is -1.10. The molecule has 0 aliphatic carbocycles. The fourth-order valence-electron chi connectivity index (χ4n) is 3.25. The lowest BCUT2D eigenvalue weighted by Crippen LogP contribution is -2.48. The Morgan fingerprint density at radius 2 is 1.88 bits per heavy atom. The standard InChI is InChI=1S/C23H23F2IN4O4/c1-13(31)28-23-30-20(12-34-23)22(33)29-19(8-15-5-16(24)9-17(25)6-15)21(32)11-27-10-14-3-2-4-18(26)7-14/h2-7,9,12,19,21,27,32H,8,10-11H2,1H3,(H,29,33)(H,28,30,31)/t19-,21-/m1/s1. The van der Waals surface area contributed by atoms with Gasteiger partial charge in [0.25, 0.3) is 5.91 Å². The normalized spacial score (nSPS) is 12.7. The molecule has 180 valence electrons. The first-order valence-electron chi connectivity index (χ1n) is 10.3. The van der Waals surface area contributed by atoms with Gasteiger partial charge in [-0.15, -0.1) is 0 Å². The van der Waals surface area contributed by atoms with Crippen molar-refractivity contribution in [3.8, 4) is 0 Å². The Hall–Kier alpha value is -2.90. The van der Waals surface area contributed by atoms with Gasteiger partial charge in [-0.25, -0.2) is 8.78 Å². The lowest BCUT2D eigenvalue weighted by molar-refractivity contribution is -0.114. The number of aromatic nitrogens is 1. The van der Waals surface area contributed by atoms with Gasteiger partial charge in [0.05, 0.1) is 12.1 Å². The summed E-state index contributed by atoms with van der Waals surface area (Å²) in [5.74, 6) is -2.63. The highest BCUT2D eigenvalue weighted by Gasteiger charge is 2.24. The number of anilines is 1. The van der Waals surface area contributed by atoms with Crippen LogP contribution < -0.4 is 16.0 Å². The summed E-state index contributed by atoms with van der Waals surface area (Å²) < 4.78 is 33.5. The summed E-state index contributed by atoms with van der Waals surface area (Å²) in [5.41, 5.74) is 1.15. The SMILES string of the molecule is CC(=O)Nc1nc(C(=O)N[C@H](Cc2cc(F)cc(F)c2)[C@H](O)CNCc2cccc(I)c2)co1. The molecular formula is C23H23F2IN4O4. The molecule has 0 spiro atoms. The highest BCUT2D eigenvalue weighted by molar-refractivity contribution is 14.1. The van der Waals surface area contributed by atoms with Crippen molar-refractivity contribution in [3.63, 3.8) is 0 Å². The van der Waals surface area contributed by atoms with E-state index in [9.17, 15) is 23.5 Å². The third-order valence-corrected chi connectivity index (χ3v) is 5.42. The van der Waals surface area contributed by atoms with Gasteiger partial charge in [-0.05, 0) is 64.4 Å². The first-order chi connectivity index (χ1) is 16.2. The van der Waals surface area contributed by atoms with E-state index in [2.05, 4.69) is 43.5 Å². The molecule has 2 amide bonds. The van der Waals surface area contributed by atoms with Crippen molar-refractivity contribution >= 4 is 40.4 Å². The van der Waals surface area contributed by atoms with Crippen LogP contribution in [0.2, 0.25) is 0 Å². The number of aliphatic hydroxyl groups is 1. The van der Waals surface area contributed by atoms with Crippen LogP contribution in [0.4, 0.5) is 14.8 Å². The largest absolute Gasteiger partial charge is 0.431 e. The summed E-state index contributed by atoms with van der Waals surface area (Å²) in [7, 11) is 0. The molecular weight excluding hydrogens is 561 g/mol. The predicted octanol–water partition coefficient (Wildman–Crippen LogP) is 3.01. The number of amides is 2. The molecule has 0 saturated carbocycles. The molecule has 11 heteroatoms. The van der Waals surface area contributed by atoms with Gasteiger partial charge in [-0.3, -0.25) is 14.9 Å². The third-order valence-electron chi connectivity index (χ3n) is 4.75. The van der Waals surface area contributed by atoms with Crippen LogP contribution in [-0.4, -0.2) is 40.6 Å². The maximum Gasteiger partial charge on any atom is 0.302 e. The van der Waals surface area contributed by atoms with Crippen LogP contribution in [-0.2, 0) is 17.8 Å². The van der Waals surface area contributed by atoms with E-state index >= 15 is 0 Å². The monoisotopic (exact) mass is 584 g/mol. The van der Waals surface area contributed by atoms with Gasteiger partial charge in [-0.2, -0.15) is 4.98 Å². The molecule has 0 aliphatic heterocycles. The molecule has 4 N–H and O–H groups in total. The molecule has 1 heterocycles. The minimum absolute atomic E-state index is 0.0388. The number of oxazole rings is 1. The lowest BCUT2D eigenvalue weighted by Gasteiger charge is -2.24. The number of nitrogens with zero attached hydrogens (tertiary/aromatic N) is 1. The van der Waals surface area contributed by atoms with Gasteiger partial charge < -0.3 is 20.2 Å². The summed E-state index contributed by atoms with van der Waals surface area (Å²) in [4.78, 5) is 27.7. The lowest BCUT2D eigenvalue weighted by atomic mass is 10.0. The Morgan fingerprint density at radius 1 is 1.15 bits per heavy atom. The predicted molar refractivity (Wildman–Crippen MR) is 129 cm³/mol. The summed E-state index contributed by atoms with van der Waals surface area (Å²) in [6.07, 6.45) is -0.0795. The number of nitrogens with one attached hydrogen (secondary N) is 3. The highest BCUT2D eigenvalue weighted by Crippen LogP contribution is 2.14. The van der Waals surface area contributed by atoms with E-state index < -0.39 is 35.6 Å². The van der Waals surface area contributed by atoms with E-state index in [1.807, 2.05) is 24.3 Å². The third kappa shape index (κ3) is 7.85. The Labute approximate surface area is 208 Å². The van der Waals surface area contributed by atoms with Crippen LogP contribution in [0.3, 0.4) is 0 Å². The maximum absolute atomic E-state index is 13.7. The average molecular weight is 584 g/mol. The highest BCUT2D eigenvalue weighted by atomic mass is 127. The molecule has 1 aromatic heterocycles. The summed E-state index contributed by atoms with van der Waals surface area (Å²) in [6.45, 7) is 1.84. The molecule has 2 atom stereocenters. The number of aliphatic hydroxyl groups excluding tert-OH is 1. The fraction of sp³-hybridized carbons (Fsp3) is 0.261. The number of carbonyl (C=O) groups excluding carboxylic acids is 2. The number of hydrogen-bond acceptors (Lipinski definition) is 6. The second-order valence-corrected chi connectivity index (χ2v) is 8.85. The molecule has 0 unspecified atom stereocenters. The Bertz CT molecular complexity index is 1140. The zero-order valence-electron chi connectivity index (χ0n) is 18.1. The molecule has 0 bridgehead atoms. The molecule has 0 saturated heterocycles. The molecule has 34 heavy (non-hydrogen) atoms. The molecule has 3 aromatic rings. The zero-order chi connectivity index (χ0) is 24.7. The molecule has 0 radical (unpaired) electrons. The molecule has 8 nitrogen and oxygen atoms in total. The summed E-state index contributed by atoms with van der Waals surface area (Å²) in [6, 6.07) is 9.78. The van der Waals surface area contributed by atoms with Crippen molar-refractivity contribution in [2.75, 3.05) is 11.9 Å². The van der Waals surface area contributed by atoms with Crippen LogP contribution in [0.1, 0.15) is 28.5 Å². The fourth-order valence-corrected chi connectivity index (χ4v) is 3.86. The van der Waals surface area contributed by atoms with Crippen molar-refractivity contribution in [1.82, 2.24) is 15.6 Å². The van der Waals surface area contributed by atoms with Gasteiger partial charge in [0.15, 0.2) is 5.69 Å². The first-order valence-corrected chi connectivity index (χ1v) is 11.4. The van der Waals surface area contributed by atoms with E-state index in [1.165, 1.54) is 6.92 Å². The van der Waals surface area contributed by atoms with Gasteiger partial charge in [0.1, 0.15) is 17.9 Å². The maximum atomic E-state index is 13.7. The van der Waals surface area contributed by atoms with Crippen molar-refractivity contribution in [2.45, 2.75) is 32.0 Å². The Balaban J connectivity index is 1.70. The summed E-state index contributed by atoms with van der Waals surface area (Å²) >= 11 is 2.20. The van der Waals surface area contributed by atoms with Crippen molar-refractivity contribution in [3.05, 3.63) is 80.8 Å². The van der Waals surface area contributed by atoms with Crippen molar-refractivity contribution in [1.29, 1.82) is 0 Å². The molecule has 0 aliphatic rings. The van der Waals surface area contributed by atoms with E-state index in [0.717, 1.165) is 33.6 Å². The number of halogens is 3.